The molecule has 3 heterocycles. The predicted molar refractivity (Wildman–Crippen MR) is 129 cm³/mol. The van der Waals surface area contributed by atoms with Gasteiger partial charge in [-0.25, -0.2) is 9.98 Å². The first-order valence-electron chi connectivity index (χ1n) is 11.8. The summed E-state index contributed by atoms with van der Waals surface area (Å²) >= 11 is 0. The van der Waals surface area contributed by atoms with Crippen LogP contribution in [0.25, 0.3) is 11.3 Å². The van der Waals surface area contributed by atoms with Crippen LogP contribution in [0.5, 0.6) is 5.75 Å². The van der Waals surface area contributed by atoms with Gasteiger partial charge >= 0.3 is 0 Å². The fraction of sp³-hybridized carbons (Fsp3) is 0.385. The van der Waals surface area contributed by atoms with Crippen LogP contribution in [0.15, 0.2) is 53.7 Å². The third kappa shape index (κ3) is 4.73. The summed E-state index contributed by atoms with van der Waals surface area (Å²) in [5, 5.41) is 14.7. The minimum atomic E-state index is 0.256. The third-order valence-electron chi connectivity index (χ3n) is 6.53. The number of nitrogens with one attached hydrogen (secondary N) is 1. The molecule has 0 atom stereocenters. The van der Waals surface area contributed by atoms with Gasteiger partial charge in [0.05, 0.1) is 18.5 Å². The van der Waals surface area contributed by atoms with Crippen LogP contribution in [0.4, 0.5) is 11.4 Å². The number of ether oxygens (including phenoxy) is 1. The molecule has 2 N–H and O–H groups in total. The van der Waals surface area contributed by atoms with Crippen molar-refractivity contribution >= 4 is 11.4 Å². The maximum Gasteiger partial charge on any atom is 0.264 e. The minimum Gasteiger partial charge on any atom is -0.497 e. The molecule has 2 aliphatic heterocycles. The smallest absolute Gasteiger partial charge is 0.264 e. The average Bonchev–Trinajstić information content (AvgIpc) is 3.28. The number of aryl methyl sites for hydroxylation is 1. The average molecular weight is 446 g/mol. The molecule has 0 bridgehead atoms. The Labute approximate surface area is 194 Å². The van der Waals surface area contributed by atoms with Gasteiger partial charge in [0.15, 0.2) is 0 Å². The van der Waals surface area contributed by atoms with Crippen LogP contribution in [-0.4, -0.2) is 53.1 Å². The van der Waals surface area contributed by atoms with Gasteiger partial charge in [0.1, 0.15) is 5.75 Å². The van der Waals surface area contributed by atoms with Crippen molar-refractivity contribution in [2.45, 2.75) is 32.1 Å². The number of nitrogens with zero attached hydrogens (tertiary/aromatic N) is 4. The highest BCUT2D eigenvalue weighted by atomic mass is 16.5. The Morgan fingerprint density at radius 3 is 2.73 bits per heavy atom. The van der Waals surface area contributed by atoms with Gasteiger partial charge in [-0.05, 0) is 93.7 Å². The van der Waals surface area contributed by atoms with E-state index in [9.17, 15) is 5.21 Å². The summed E-state index contributed by atoms with van der Waals surface area (Å²) in [5.74, 6) is 0.762. The number of fused-ring (bicyclic) bond motifs is 3. The predicted octanol–water partition coefficient (Wildman–Crippen LogP) is 4.02. The monoisotopic (exact) mass is 445 g/mol. The number of hydrogen-bond donors (Lipinski definition) is 2. The third-order valence-corrected chi connectivity index (χ3v) is 6.53. The number of likely N-dealkylation sites (tertiary alicyclic amines) is 1. The van der Waals surface area contributed by atoms with Crippen LogP contribution in [0, 0.1) is 0 Å². The lowest BCUT2D eigenvalue weighted by Crippen LogP contribution is -2.25. The lowest BCUT2D eigenvalue weighted by molar-refractivity contribution is 0.171. The largest absolute Gasteiger partial charge is 0.497 e. The van der Waals surface area contributed by atoms with E-state index in [0.717, 1.165) is 65.3 Å². The molecule has 172 valence electrons. The molecule has 1 saturated heterocycles. The molecular formula is C26H31N5O2. The second kappa shape index (κ2) is 9.67. The van der Waals surface area contributed by atoms with E-state index in [1.54, 1.807) is 7.11 Å². The Morgan fingerprint density at radius 2 is 1.94 bits per heavy atom. The molecule has 0 unspecified atom stereocenters. The van der Waals surface area contributed by atoms with Gasteiger partial charge in [-0.1, -0.05) is 6.07 Å². The van der Waals surface area contributed by atoms with Gasteiger partial charge in [-0.3, -0.25) is 0 Å². The highest BCUT2D eigenvalue weighted by molar-refractivity contribution is 5.79. The standard InChI is InChI=1S/C26H31N5O2/c1-33-22-9-7-21(8-10-22)29-26-28-18-20-12-13-27-24-11-6-19(17-23(24)25(20)31(26)32)5-4-16-30-14-2-3-15-30/h6-11,17-18,27,32H,2-5,12-16H2,1H3. The van der Waals surface area contributed by atoms with E-state index >= 15 is 0 Å². The molecule has 7 nitrogen and oxygen atoms in total. The topological polar surface area (TPSA) is 74.9 Å². The molecule has 2 aromatic carbocycles. The maximum atomic E-state index is 11.2. The quantitative estimate of drug-likeness (QED) is 0.561. The molecule has 1 aromatic heterocycles. The number of aromatic nitrogens is 2. The number of hydrogen-bond acceptors (Lipinski definition) is 6. The van der Waals surface area contributed by atoms with Crippen LogP contribution in [0.1, 0.15) is 30.4 Å². The first-order valence-corrected chi connectivity index (χ1v) is 11.8. The van der Waals surface area contributed by atoms with E-state index in [2.05, 4.69) is 38.4 Å². The molecule has 0 radical (unpaired) electrons. The van der Waals surface area contributed by atoms with Crippen molar-refractivity contribution in [3.63, 3.8) is 0 Å². The van der Waals surface area contributed by atoms with Gasteiger partial charge in [0, 0.05) is 29.6 Å². The molecule has 5 rings (SSSR count). The Balaban J connectivity index is 1.47. The van der Waals surface area contributed by atoms with Crippen LogP contribution < -0.4 is 15.7 Å². The fourth-order valence-corrected chi connectivity index (χ4v) is 4.75. The molecule has 0 spiro atoms. The number of rotatable bonds is 6. The molecule has 3 aromatic rings. The zero-order valence-electron chi connectivity index (χ0n) is 19.1. The Bertz CT molecular complexity index is 1180. The maximum absolute atomic E-state index is 11.2. The second-order valence-corrected chi connectivity index (χ2v) is 8.76. The Kier molecular flexibility index (Phi) is 6.30. The molecule has 33 heavy (non-hydrogen) atoms. The van der Waals surface area contributed by atoms with Gasteiger partial charge in [0.25, 0.3) is 5.62 Å². The van der Waals surface area contributed by atoms with Crippen LogP contribution >= 0.6 is 0 Å². The van der Waals surface area contributed by atoms with Crippen molar-refractivity contribution in [2.75, 3.05) is 38.6 Å². The van der Waals surface area contributed by atoms with Gasteiger partial charge in [-0.2, -0.15) is 0 Å². The van der Waals surface area contributed by atoms with E-state index in [4.69, 9.17) is 4.74 Å². The summed E-state index contributed by atoms with van der Waals surface area (Å²) in [4.78, 5) is 11.6. The zero-order chi connectivity index (χ0) is 22.6. The Morgan fingerprint density at radius 1 is 1.12 bits per heavy atom. The highest BCUT2D eigenvalue weighted by Crippen LogP contribution is 2.33. The summed E-state index contributed by atoms with van der Waals surface area (Å²) in [6.45, 7) is 4.42. The molecular weight excluding hydrogens is 414 g/mol. The lowest BCUT2D eigenvalue weighted by atomic mass is 10.00. The second-order valence-electron chi connectivity index (χ2n) is 8.76. The molecule has 7 heteroatoms. The number of anilines is 1. The van der Waals surface area contributed by atoms with Crippen molar-refractivity contribution in [2.24, 2.45) is 4.99 Å². The first kappa shape index (κ1) is 21.5. The minimum absolute atomic E-state index is 0.256. The Hall–Kier alpha value is -3.32. The van der Waals surface area contributed by atoms with Crippen molar-refractivity contribution in [1.82, 2.24) is 14.6 Å². The highest BCUT2D eigenvalue weighted by Gasteiger charge is 2.20. The number of methoxy groups -OCH3 is 1. The van der Waals surface area contributed by atoms with E-state index in [0.29, 0.717) is 5.69 Å². The zero-order valence-corrected chi connectivity index (χ0v) is 19.1. The van der Waals surface area contributed by atoms with E-state index < -0.39 is 0 Å². The van der Waals surface area contributed by atoms with Crippen LogP contribution in [-0.2, 0) is 12.8 Å². The van der Waals surface area contributed by atoms with Crippen molar-refractivity contribution < 1.29 is 9.94 Å². The first-order chi connectivity index (χ1) is 16.2. The van der Waals surface area contributed by atoms with Crippen molar-refractivity contribution in [1.29, 1.82) is 0 Å². The lowest BCUT2D eigenvalue weighted by Gasteiger charge is -2.16. The molecule has 0 amide bonds. The van der Waals surface area contributed by atoms with Crippen molar-refractivity contribution in [3.8, 4) is 17.0 Å². The summed E-state index contributed by atoms with van der Waals surface area (Å²) < 4.78 is 6.36. The van der Waals surface area contributed by atoms with Crippen molar-refractivity contribution in [3.05, 3.63) is 65.4 Å². The summed E-state index contributed by atoms with van der Waals surface area (Å²) in [7, 11) is 1.63. The van der Waals surface area contributed by atoms with Crippen LogP contribution in [0.2, 0.25) is 0 Å². The normalized spacial score (nSPS) is 16.1. The van der Waals surface area contributed by atoms with E-state index in [1.165, 1.54) is 31.5 Å². The van der Waals surface area contributed by atoms with E-state index in [-0.39, 0.29) is 5.62 Å². The SMILES string of the molecule is COc1ccc(N=c2ncc3c(n2O)-c2cc(CCCN4CCCC4)ccc2NCC3)cc1. The molecule has 0 aliphatic carbocycles. The fourth-order valence-electron chi connectivity index (χ4n) is 4.75. The molecule has 2 aliphatic rings. The summed E-state index contributed by atoms with van der Waals surface area (Å²) in [6.07, 6.45) is 7.45. The van der Waals surface area contributed by atoms with Crippen LogP contribution in [0.3, 0.4) is 0 Å². The molecule has 1 fully saturated rings. The van der Waals surface area contributed by atoms with Gasteiger partial charge < -0.3 is 20.2 Å². The van der Waals surface area contributed by atoms with E-state index in [1.807, 2.05) is 30.5 Å². The van der Waals surface area contributed by atoms with Gasteiger partial charge in [0.2, 0.25) is 0 Å². The number of benzene rings is 2. The summed E-state index contributed by atoms with van der Waals surface area (Å²) in [6, 6.07) is 13.9. The van der Waals surface area contributed by atoms with Gasteiger partial charge in [-0.15, -0.1) is 4.73 Å². The summed E-state index contributed by atoms with van der Waals surface area (Å²) in [5.41, 5.74) is 6.04. The molecule has 0 saturated carbocycles.